The Morgan fingerprint density at radius 1 is 0.661 bits per heavy atom. The molecule has 2 heterocycles. The summed E-state index contributed by atoms with van der Waals surface area (Å²) >= 11 is 0. The van der Waals surface area contributed by atoms with E-state index in [1.54, 1.807) is 36.4 Å². The molecule has 1 N–H and O–H groups in total. The third kappa shape index (κ3) is 9.64. The molecule has 0 bridgehead atoms. The smallest absolute Gasteiger partial charge is 0.268 e. The van der Waals surface area contributed by atoms with E-state index in [0.29, 0.717) is 23.1 Å². The lowest BCUT2D eigenvalue weighted by Crippen LogP contribution is -2.58. The van der Waals surface area contributed by atoms with Crippen molar-refractivity contribution in [3.05, 3.63) is 174 Å². The molecule has 1 aliphatic heterocycles. The number of aliphatic hydroxyl groups is 1. The van der Waals surface area contributed by atoms with Gasteiger partial charge < -0.3 is 28.5 Å². The van der Waals surface area contributed by atoms with Crippen molar-refractivity contribution in [1.82, 2.24) is 3.97 Å². The lowest BCUT2D eigenvalue weighted by molar-refractivity contribution is -0.264. The van der Waals surface area contributed by atoms with Crippen LogP contribution in [0.25, 0.3) is 10.9 Å². The van der Waals surface area contributed by atoms with Gasteiger partial charge in [-0.2, -0.15) is 0 Å². The number of benzene rings is 5. The number of hydrogen-bond donors (Lipinski definition) is 1. The van der Waals surface area contributed by atoms with Crippen LogP contribution in [0.4, 0.5) is 0 Å². The molecule has 9 nitrogen and oxygen atoms in total. The van der Waals surface area contributed by atoms with Crippen molar-refractivity contribution in [3.63, 3.8) is 0 Å². The minimum atomic E-state index is -4.26. The lowest BCUT2D eigenvalue weighted by Gasteiger charge is -2.45. The SMILES string of the molecule is CC(C)(C)[Si](C)(C)OCc1c([C@H]2O[C@@H](COCc3ccccc3)[C@H](OCc3ccccc3)[C@@H](OCc3ccccc3)[C@H]2O)n(S(=O)(=O)c2ccccc2)c2ccccc12. The number of aromatic nitrogens is 1. The molecule has 1 aromatic heterocycles. The molecule has 0 unspecified atom stereocenters. The van der Waals surface area contributed by atoms with E-state index < -0.39 is 48.9 Å². The highest BCUT2D eigenvalue weighted by Gasteiger charge is 2.50. The van der Waals surface area contributed by atoms with Gasteiger partial charge in [-0.25, -0.2) is 12.4 Å². The zero-order chi connectivity index (χ0) is 41.6. The van der Waals surface area contributed by atoms with E-state index >= 15 is 8.42 Å². The molecule has 1 saturated heterocycles. The molecule has 7 rings (SSSR count). The van der Waals surface area contributed by atoms with Crippen molar-refractivity contribution in [2.45, 2.75) is 101 Å². The predicted octanol–water partition coefficient (Wildman–Crippen LogP) is 9.59. The van der Waals surface area contributed by atoms with Crippen molar-refractivity contribution in [1.29, 1.82) is 0 Å². The highest BCUT2D eigenvalue weighted by molar-refractivity contribution is 7.90. The van der Waals surface area contributed by atoms with Crippen LogP contribution in [0.1, 0.15) is 54.8 Å². The molecule has 0 spiro atoms. The lowest BCUT2D eigenvalue weighted by atomic mass is 9.91. The largest absolute Gasteiger partial charge is 0.412 e. The fraction of sp³-hybridized carbons (Fsp3) is 0.333. The molecular formula is C48H55NO8SSi. The average Bonchev–Trinajstić information content (AvgIpc) is 3.58. The van der Waals surface area contributed by atoms with E-state index in [0.717, 1.165) is 16.7 Å². The Labute approximate surface area is 349 Å². The monoisotopic (exact) mass is 833 g/mol. The van der Waals surface area contributed by atoms with Gasteiger partial charge in [0.1, 0.15) is 30.5 Å². The zero-order valence-corrected chi connectivity index (χ0v) is 36.3. The van der Waals surface area contributed by atoms with E-state index in [1.807, 2.05) is 109 Å². The number of rotatable bonds is 16. The number of para-hydroxylation sites is 1. The summed E-state index contributed by atoms with van der Waals surface area (Å²) in [6.07, 6.45) is -5.16. The van der Waals surface area contributed by atoms with Crippen molar-refractivity contribution >= 4 is 29.2 Å². The normalized spacial score (nSPS) is 20.2. The minimum absolute atomic E-state index is 0.0736. The van der Waals surface area contributed by atoms with Crippen molar-refractivity contribution in [3.8, 4) is 0 Å². The van der Waals surface area contributed by atoms with Gasteiger partial charge in [-0.1, -0.05) is 148 Å². The Balaban J connectivity index is 1.38. The van der Waals surface area contributed by atoms with Gasteiger partial charge in [-0.3, -0.25) is 0 Å². The van der Waals surface area contributed by atoms with Crippen LogP contribution in [-0.4, -0.2) is 56.8 Å². The van der Waals surface area contributed by atoms with Gasteiger partial charge in [0.25, 0.3) is 10.0 Å². The van der Waals surface area contributed by atoms with Crippen LogP contribution >= 0.6 is 0 Å². The topological polar surface area (TPSA) is 105 Å². The third-order valence-corrected chi connectivity index (χ3v) is 17.8. The van der Waals surface area contributed by atoms with Crippen LogP contribution in [0, 0.1) is 0 Å². The Morgan fingerprint density at radius 2 is 1.15 bits per heavy atom. The summed E-state index contributed by atoms with van der Waals surface area (Å²) in [6.45, 7) is 11.7. The molecule has 1 fully saturated rings. The van der Waals surface area contributed by atoms with Gasteiger partial charge in [0.2, 0.25) is 0 Å². The predicted molar refractivity (Wildman–Crippen MR) is 233 cm³/mol. The van der Waals surface area contributed by atoms with Gasteiger partial charge in [-0.15, -0.1) is 0 Å². The molecule has 310 valence electrons. The second kappa shape index (κ2) is 18.5. The first-order chi connectivity index (χ1) is 28.3. The van der Waals surface area contributed by atoms with Crippen LogP contribution in [-0.2, 0) is 59.8 Å². The summed E-state index contributed by atoms with van der Waals surface area (Å²) in [5.41, 5.74) is 4.20. The highest BCUT2D eigenvalue weighted by atomic mass is 32.2. The Hall–Kier alpha value is -4.43. The first-order valence-corrected chi connectivity index (χ1v) is 24.5. The molecular weight excluding hydrogens is 779 g/mol. The minimum Gasteiger partial charge on any atom is -0.412 e. The Kier molecular flexibility index (Phi) is 13.3. The van der Waals surface area contributed by atoms with Crippen LogP contribution in [0.15, 0.2) is 150 Å². The molecule has 11 heteroatoms. The van der Waals surface area contributed by atoms with Crippen LogP contribution in [0.5, 0.6) is 0 Å². The van der Waals surface area contributed by atoms with Crippen LogP contribution < -0.4 is 0 Å². The first kappa shape index (κ1) is 42.7. The zero-order valence-electron chi connectivity index (χ0n) is 34.4. The summed E-state index contributed by atoms with van der Waals surface area (Å²) < 4.78 is 65.1. The van der Waals surface area contributed by atoms with Gasteiger partial charge >= 0.3 is 0 Å². The maximum Gasteiger partial charge on any atom is 0.268 e. The Morgan fingerprint density at radius 3 is 1.71 bits per heavy atom. The molecule has 5 atom stereocenters. The maximum absolute atomic E-state index is 15.0. The Bertz CT molecular complexity index is 2370. The molecule has 59 heavy (non-hydrogen) atoms. The van der Waals surface area contributed by atoms with Gasteiger partial charge in [0.05, 0.1) is 49.1 Å². The molecule has 0 aliphatic carbocycles. The second-order valence-electron chi connectivity index (χ2n) is 16.6. The molecule has 1 aliphatic rings. The highest BCUT2D eigenvalue weighted by Crippen LogP contribution is 2.44. The molecule has 5 aromatic carbocycles. The summed E-state index contributed by atoms with van der Waals surface area (Å²) in [6, 6.07) is 45.1. The van der Waals surface area contributed by atoms with Gasteiger partial charge in [0.15, 0.2) is 8.32 Å². The molecule has 6 aromatic rings. The van der Waals surface area contributed by atoms with E-state index in [4.69, 9.17) is 23.4 Å². The number of fused-ring (bicyclic) bond motifs is 1. The summed E-state index contributed by atoms with van der Waals surface area (Å²) in [5, 5.41) is 13.4. The summed E-state index contributed by atoms with van der Waals surface area (Å²) in [4.78, 5) is 0.105. The number of nitrogens with zero attached hydrogens (tertiary/aromatic N) is 1. The molecule has 0 amide bonds. The molecule has 0 saturated carbocycles. The number of ether oxygens (including phenoxy) is 4. The van der Waals surface area contributed by atoms with Crippen molar-refractivity contribution < 1.29 is 36.9 Å². The van der Waals surface area contributed by atoms with Crippen molar-refractivity contribution in [2.75, 3.05) is 6.61 Å². The maximum atomic E-state index is 15.0. The number of aliphatic hydroxyl groups excluding tert-OH is 1. The quantitative estimate of drug-likeness (QED) is 0.0963. The van der Waals surface area contributed by atoms with Gasteiger partial charge in [0, 0.05) is 10.9 Å². The summed E-state index contributed by atoms with van der Waals surface area (Å²) in [5.74, 6) is 0. The summed E-state index contributed by atoms with van der Waals surface area (Å²) in [7, 11) is -6.63. The molecule has 0 radical (unpaired) electrons. The third-order valence-electron chi connectivity index (χ3n) is 11.5. The fourth-order valence-electron chi connectivity index (χ4n) is 7.24. The van der Waals surface area contributed by atoms with Gasteiger partial charge in [-0.05, 0) is 53.0 Å². The van der Waals surface area contributed by atoms with Crippen molar-refractivity contribution in [2.24, 2.45) is 0 Å². The second-order valence-corrected chi connectivity index (χ2v) is 23.2. The van der Waals surface area contributed by atoms with Crippen LogP contribution in [0.2, 0.25) is 18.1 Å². The van der Waals surface area contributed by atoms with E-state index in [9.17, 15) is 5.11 Å². The number of hydrogen-bond acceptors (Lipinski definition) is 8. The van der Waals surface area contributed by atoms with E-state index in [1.165, 1.54) is 3.97 Å². The average molecular weight is 834 g/mol. The van der Waals surface area contributed by atoms with E-state index in [-0.39, 0.29) is 42.1 Å². The first-order valence-electron chi connectivity index (χ1n) is 20.2. The standard InChI is InChI=1S/C48H55NO8SSi/c1-48(2,3)59(4,5)56-33-40-39-28-18-19-29-41(39)49(58(51,52)38-26-16-9-17-27-38)43(40)46-44(50)47(55-32-37-24-14-8-15-25-37)45(54-31-36-22-12-7-13-23-36)42(57-46)34-53-30-35-20-10-6-11-21-35/h6-29,42,44-47,50H,30-34H2,1-5H3/t42-,44-,45-,46+,47-/m0/s1. The fourth-order valence-corrected chi connectivity index (χ4v) is 9.78. The van der Waals surface area contributed by atoms with E-state index in [2.05, 4.69) is 33.9 Å². The van der Waals surface area contributed by atoms with Crippen LogP contribution in [0.3, 0.4) is 0 Å².